The molecule has 2 rings (SSSR count). The van der Waals surface area contributed by atoms with Crippen molar-refractivity contribution in [2.45, 2.75) is 6.42 Å². The highest BCUT2D eigenvalue weighted by atomic mass is 19.1. The number of hydrogen-bond acceptors (Lipinski definition) is 1. The number of carbonyl (C=O) groups is 1. The Morgan fingerprint density at radius 3 is 2.41 bits per heavy atom. The second kappa shape index (κ2) is 4.78. The molecule has 0 aliphatic rings. The molecular weight excluding hydrogens is 217 g/mol. The summed E-state index contributed by atoms with van der Waals surface area (Å²) in [4.78, 5) is 10.7. The van der Waals surface area contributed by atoms with Gasteiger partial charge in [0.2, 0.25) is 5.91 Å². The lowest BCUT2D eigenvalue weighted by molar-refractivity contribution is -0.117. The maximum Gasteiger partial charge on any atom is 0.221 e. The summed E-state index contributed by atoms with van der Waals surface area (Å²) in [7, 11) is 0. The molecule has 0 aliphatic heterocycles. The van der Waals surface area contributed by atoms with E-state index < -0.39 is 5.91 Å². The van der Waals surface area contributed by atoms with Crippen molar-refractivity contribution in [3.05, 3.63) is 59.9 Å². The van der Waals surface area contributed by atoms with E-state index in [1.54, 1.807) is 12.1 Å². The Balaban J connectivity index is 2.35. The van der Waals surface area contributed by atoms with Crippen LogP contribution >= 0.6 is 0 Å². The fraction of sp³-hybridized carbons (Fsp3) is 0.0714. The maximum absolute atomic E-state index is 13.8. The molecule has 0 unspecified atom stereocenters. The van der Waals surface area contributed by atoms with Gasteiger partial charge in [-0.05, 0) is 17.2 Å². The Bertz CT molecular complexity index is 537. The van der Waals surface area contributed by atoms with Crippen LogP contribution in [0.3, 0.4) is 0 Å². The highest BCUT2D eigenvalue weighted by Gasteiger charge is 2.06. The predicted octanol–water partition coefficient (Wildman–Crippen LogP) is 2.52. The second-order valence-electron chi connectivity index (χ2n) is 3.82. The Morgan fingerprint density at radius 1 is 1.12 bits per heavy atom. The molecule has 2 nitrogen and oxygen atoms in total. The van der Waals surface area contributed by atoms with E-state index in [4.69, 9.17) is 5.73 Å². The zero-order valence-electron chi connectivity index (χ0n) is 9.19. The van der Waals surface area contributed by atoms with Crippen LogP contribution in [-0.2, 0) is 11.2 Å². The minimum Gasteiger partial charge on any atom is -0.369 e. The van der Waals surface area contributed by atoms with Crippen LogP contribution in [0, 0.1) is 5.82 Å². The third-order valence-electron chi connectivity index (χ3n) is 2.50. The molecule has 1 amide bonds. The van der Waals surface area contributed by atoms with Crippen LogP contribution in [0.15, 0.2) is 48.5 Å². The fourth-order valence-electron chi connectivity index (χ4n) is 1.72. The summed E-state index contributed by atoms with van der Waals surface area (Å²) in [5, 5.41) is 0. The van der Waals surface area contributed by atoms with Gasteiger partial charge in [0.15, 0.2) is 0 Å². The molecule has 0 bridgehead atoms. The van der Waals surface area contributed by atoms with Gasteiger partial charge >= 0.3 is 0 Å². The first-order valence-electron chi connectivity index (χ1n) is 5.29. The predicted molar refractivity (Wildman–Crippen MR) is 64.7 cm³/mol. The number of amides is 1. The molecular formula is C14H12FNO. The molecule has 2 aromatic rings. The minimum atomic E-state index is -0.461. The first-order valence-corrected chi connectivity index (χ1v) is 5.29. The third-order valence-corrected chi connectivity index (χ3v) is 2.50. The van der Waals surface area contributed by atoms with Crippen molar-refractivity contribution in [3.8, 4) is 11.1 Å². The summed E-state index contributed by atoms with van der Waals surface area (Å²) in [5.74, 6) is -0.799. The summed E-state index contributed by atoms with van der Waals surface area (Å²) < 4.78 is 13.8. The van der Waals surface area contributed by atoms with Crippen LogP contribution in [0.5, 0.6) is 0 Å². The highest BCUT2D eigenvalue weighted by molar-refractivity contribution is 5.77. The number of carbonyl (C=O) groups excluding carboxylic acids is 1. The van der Waals surface area contributed by atoms with Crippen LogP contribution in [0.1, 0.15) is 5.56 Å². The molecule has 0 aromatic heterocycles. The van der Waals surface area contributed by atoms with Gasteiger partial charge < -0.3 is 5.73 Å². The molecule has 17 heavy (non-hydrogen) atoms. The lowest BCUT2D eigenvalue weighted by Gasteiger charge is -2.05. The molecule has 0 fully saturated rings. The Morgan fingerprint density at radius 2 is 1.82 bits per heavy atom. The standard InChI is InChI=1S/C14H12FNO/c15-13-8-10(9-14(16)17)6-7-12(13)11-4-2-1-3-5-11/h1-8H,9H2,(H2,16,17). The second-order valence-corrected chi connectivity index (χ2v) is 3.82. The smallest absolute Gasteiger partial charge is 0.221 e. The van der Waals surface area contributed by atoms with Gasteiger partial charge in [-0.15, -0.1) is 0 Å². The zero-order valence-corrected chi connectivity index (χ0v) is 9.19. The Hall–Kier alpha value is -2.16. The number of halogens is 1. The van der Waals surface area contributed by atoms with E-state index >= 15 is 0 Å². The van der Waals surface area contributed by atoms with Gasteiger partial charge in [-0.25, -0.2) is 4.39 Å². The van der Waals surface area contributed by atoms with Crippen molar-refractivity contribution in [1.82, 2.24) is 0 Å². The topological polar surface area (TPSA) is 43.1 Å². The SMILES string of the molecule is NC(=O)Cc1ccc(-c2ccccc2)c(F)c1. The van der Waals surface area contributed by atoms with Crippen LogP contribution in [-0.4, -0.2) is 5.91 Å². The number of nitrogens with two attached hydrogens (primary N) is 1. The molecule has 2 N–H and O–H groups in total. The largest absolute Gasteiger partial charge is 0.369 e. The Kier molecular flexibility index (Phi) is 3.19. The first-order chi connectivity index (χ1) is 8.16. The van der Waals surface area contributed by atoms with Crippen molar-refractivity contribution in [2.75, 3.05) is 0 Å². The van der Waals surface area contributed by atoms with Gasteiger partial charge in [0, 0.05) is 5.56 Å². The van der Waals surface area contributed by atoms with Gasteiger partial charge in [0.25, 0.3) is 0 Å². The average molecular weight is 229 g/mol. The van der Waals surface area contributed by atoms with Crippen LogP contribution < -0.4 is 5.73 Å². The molecule has 0 atom stereocenters. The van der Waals surface area contributed by atoms with Gasteiger partial charge in [-0.2, -0.15) is 0 Å². The molecule has 86 valence electrons. The van der Waals surface area contributed by atoms with E-state index in [-0.39, 0.29) is 12.2 Å². The maximum atomic E-state index is 13.8. The van der Waals surface area contributed by atoms with E-state index in [0.717, 1.165) is 5.56 Å². The average Bonchev–Trinajstić information content (AvgIpc) is 2.29. The lowest BCUT2D eigenvalue weighted by Crippen LogP contribution is -2.13. The van der Waals surface area contributed by atoms with E-state index in [0.29, 0.717) is 11.1 Å². The number of benzene rings is 2. The van der Waals surface area contributed by atoms with Gasteiger partial charge in [-0.3, -0.25) is 4.79 Å². The summed E-state index contributed by atoms with van der Waals surface area (Å²) in [6.45, 7) is 0. The minimum absolute atomic E-state index is 0.0615. The van der Waals surface area contributed by atoms with Gasteiger partial charge in [0.05, 0.1) is 6.42 Å². The van der Waals surface area contributed by atoms with Crippen LogP contribution in [0.25, 0.3) is 11.1 Å². The zero-order chi connectivity index (χ0) is 12.3. The molecule has 0 heterocycles. The number of primary amides is 1. The molecule has 0 saturated carbocycles. The van der Waals surface area contributed by atoms with Crippen LogP contribution in [0.2, 0.25) is 0 Å². The summed E-state index contributed by atoms with van der Waals surface area (Å²) in [6.07, 6.45) is 0.0615. The van der Waals surface area contributed by atoms with Gasteiger partial charge in [0.1, 0.15) is 5.82 Å². The van der Waals surface area contributed by atoms with Crippen molar-refractivity contribution >= 4 is 5.91 Å². The van der Waals surface area contributed by atoms with E-state index in [2.05, 4.69) is 0 Å². The summed E-state index contributed by atoms with van der Waals surface area (Å²) >= 11 is 0. The van der Waals surface area contributed by atoms with Crippen molar-refractivity contribution in [2.24, 2.45) is 5.73 Å². The molecule has 0 radical (unpaired) electrons. The molecule has 0 aliphatic carbocycles. The highest BCUT2D eigenvalue weighted by Crippen LogP contribution is 2.23. The monoisotopic (exact) mass is 229 g/mol. The lowest BCUT2D eigenvalue weighted by atomic mass is 10.0. The van der Waals surface area contributed by atoms with Crippen molar-refractivity contribution < 1.29 is 9.18 Å². The van der Waals surface area contributed by atoms with E-state index in [1.165, 1.54) is 6.07 Å². The molecule has 0 spiro atoms. The normalized spacial score (nSPS) is 10.2. The molecule has 0 saturated heterocycles. The summed E-state index contributed by atoms with van der Waals surface area (Å²) in [6, 6.07) is 14.0. The summed E-state index contributed by atoms with van der Waals surface area (Å²) in [5.41, 5.74) is 7.00. The van der Waals surface area contributed by atoms with Gasteiger partial charge in [-0.1, -0.05) is 42.5 Å². The quantitative estimate of drug-likeness (QED) is 0.863. The fourth-order valence-corrected chi connectivity index (χ4v) is 1.72. The van der Waals surface area contributed by atoms with Crippen LogP contribution in [0.4, 0.5) is 4.39 Å². The molecule has 3 heteroatoms. The Labute approximate surface area is 98.9 Å². The first kappa shape index (κ1) is 11.3. The molecule has 2 aromatic carbocycles. The van der Waals surface area contributed by atoms with E-state index in [9.17, 15) is 9.18 Å². The number of hydrogen-bond donors (Lipinski definition) is 1. The van der Waals surface area contributed by atoms with Crippen molar-refractivity contribution in [1.29, 1.82) is 0 Å². The number of rotatable bonds is 3. The van der Waals surface area contributed by atoms with Crippen molar-refractivity contribution in [3.63, 3.8) is 0 Å². The van der Waals surface area contributed by atoms with E-state index in [1.807, 2.05) is 30.3 Å². The third kappa shape index (κ3) is 2.69.